The minimum Gasteiger partial charge on any atom is -0.497 e. The van der Waals surface area contributed by atoms with Crippen molar-refractivity contribution in [2.75, 3.05) is 26.1 Å². The molecule has 10 heteroatoms. The second-order valence-corrected chi connectivity index (χ2v) is 7.23. The summed E-state index contributed by atoms with van der Waals surface area (Å²) in [5.74, 6) is -0.189. The van der Waals surface area contributed by atoms with Crippen LogP contribution in [0.5, 0.6) is 11.5 Å². The van der Waals surface area contributed by atoms with Gasteiger partial charge in [0, 0.05) is 17.3 Å². The average molecular weight is 420 g/mol. The maximum atomic E-state index is 11.9. The molecule has 0 aliphatic heterocycles. The molecule has 0 bridgehead atoms. The van der Waals surface area contributed by atoms with Crippen LogP contribution >= 0.6 is 0 Å². The number of methoxy groups -OCH3 is 2. The Morgan fingerprint density at radius 2 is 1.76 bits per heavy atom. The van der Waals surface area contributed by atoms with E-state index in [0.29, 0.717) is 22.7 Å². The van der Waals surface area contributed by atoms with Crippen LogP contribution in [0.4, 0.5) is 5.69 Å². The molecule has 0 aromatic heterocycles. The zero-order chi connectivity index (χ0) is 21.4. The van der Waals surface area contributed by atoms with Crippen molar-refractivity contribution in [3.05, 3.63) is 54.1 Å². The van der Waals surface area contributed by atoms with Gasteiger partial charge in [0.1, 0.15) is 11.5 Å². The van der Waals surface area contributed by atoms with E-state index in [2.05, 4.69) is 5.32 Å². The first-order valence-electron chi connectivity index (χ1n) is 8.22. The minimum absolute atomic E-state index is 0.0833. The lowest BCUT2D eigenvalue weighted by atomic mass is 10.1. The second kappa shape index (κ2) is 9.71. The molecule has 0 spiro atoms. The van der Waals surface area contributed by atoms with E-state index < -0.39 is 28.5 Å². The highest BCUT2D eigenvalue weighted by Crippen LogP contribution is 2.25. The molecule has 2 aromatic rings. The summed E-state index contributed by atoms with van der Waals surface area (Å²) in [5, 5.41) is 7.47. The predicted octanol–water partition coefficient (Wildman–Crippen LogP) is 1.55. The first kappa shape index (κ1) is 21.9. The van der Waals surface area contributed by atoms with E-state index in [-0.39, 0.29) is 4.90 Å². The van der Waals surface area contributed by atoms with Crippen LogP contribution in [0.25, 0.3) is 6.08 Å². The van der Waals surface area contributed by atoms with E-state index in [0.717, 1.165) is 6.08 Å². The Labute approximate surface area is 168 Å². The van der Waals surface area contributed by atoms with Crippen molar-refractivity contribution in [3.8, 4) is 11.5 Å². The number of amides is 1. The summed E-state index contributed by atoms with van der Waals surface area (Å²) in [5.41, 5.74) is 0.929. The van der Waals surface area contributed by atoms with E-state index in [9.17, 15) is 18.0 Å². The van der Waals surface area contributed by atoms with Gasteiger partial charge in [-0.05, 0) is 48.5 Å². The molecule has 0 saturated heterocycles. The molecule has 154 valence electrons. The number of nitrogens with two attached hydrogens (primary N) is 1. The van der Waals surface area contributed by atoms with Gasteiger partial charge in [0.05, 0.1) is 19.1 Å². The normalized spacial score (nSPS) is 11.1. The Morgan fingerprint density at radius 1 is 1.07 bits per heavy atom. The minimum atomic E-state index is -3.81. The number of nitrogens with one attached hydrogen (secondary N) is 1. The van der Waals surface area contributed by atoms with Gasteiger partial charge in [-0.15, -0.1) is 0 Å². The fourth-order valence-electron chi connectivity index (χ4n) is 2.24. The van der Waals surface area contributed by atoms with Crippen LogP contribution in [0.2, 0.25) is 0 Å². The number of carbonyl (C=O) groups is 2. The quantitative estimate of drug-likeness (QED) is 0.489. The molecule has 9 nitrogen and oxygen atoms in total. The maximum absolute atomic E-state index is 11.9. The van der Waals surface area contributed by atoms with Crippen molar-refractivity contribution in [2.45, 2.75) is 4.90 Å². The lowest BCUT2D eigenvalue weighted by Gasteiger charge is -2.07. The highest BCUT2D eigenvalue weighted by Gasteiger charge is 2.09. The van der Waals surface area contributed by atoms with Gasteiger partial charge in [-0.3, -0.25) is 4.79 Å². The Morgan fingerprint density at radius 3 is 2.34 bits per heavy atom. The van der Waals surface area contributed by atoms with E-state index in [1.165, 1.54) is 44.6 Å². The van der Waals surface area contributed by atoms with Gasteiger partial charge in [0.2, 0.25) is 10.0 Å². The summed E-state index contributed by atoms with van der Waals surface area (Å²) in [4.78, 5) is 23.6. The summed E-state index contributed by atoms with van der Waals surface area (Å²) < 4.78 is 37.6. The molecule has 0 unspecified atom stereocenters. The van der Waals surface area contributed by atoms with Crippen LogP contribution in [0.1, 0.15) is 5.56 Å². The van der Waals surface area contributed by atoms with Crippen molar-refractivity contribution in [3.63, 3.8) is 0 Å². The molecular weight excluding hydrogens is 400 g/mol. The van der Waals surface area contributed by atoms with Gasteiger partial charge in [-0.1, -0.05) is 0 Å². The predicted molar refractivity (Wildman–Crippen MR) is 106 cm³/mol. The Kier molecular flexibility index (Phi) is 7.34. The molecular formula is C19H20N2O7S. The summed E-state index contributed by atoms with van der Waals surface area (Å²) in [6.45, 7) is -0.518. The van der Waals surface area contributed by atoms with Gasteiger partial charge in [0.25, 0.3) is 5.91 Å². The SMILES string of the molecule is COc1ccc(OC)c(/C=C/C(=O)OCC(=O)Nc2ccc(S(N)(=O)=O)cc2)c1. The average Bonchev–Trinajstić information content (AvgIpc) is 2.70. The van der Waals surface area contributed by atoms with Crippen molar-refractivity contribution in [2.24, 2.45) is 5.14 Å². The largest absolute Gasteiger partial charge is 0.497 e. The molecule has 2 rings (SSSR count). The van der Waals surface area contributed by atoms with E-state index >= 15 is 0 Å². The van der Waals surface area contributed by atoms with Gasteiger partial charge in [0.15, 0.2) is 6.61 Å². The Hall–Kier alpha value is -3.37. The fourth-order valence-corrected chi connectivity index (χ4v) is 2.75. The number of esters is 1. The Bertz CT molecular complexity index is 1020. The molecule has 3 N–H and O–H groups in total. The summed E-state index contributed by atoms with van der Waals surface area (Å²) in [6.07, 6.45) is 2.64. The monoisotopic (exact) mass is 420 g/mol. The lowest BCUT2D eigenvalue weighted by Crippen LogP contribution is -2.20. The maximum Gasteiger partial charge on any atom is 0.331 e. The molecule has 0 aliphatic carbocycles. The first-order chi connectivity index (χ1) is 13.7. The van der Waals surface area contributed by atoms with Crippen molar-refractivity contribution >= 4 is 33.7 Å². The third kappa shape index (κ3) is 6.63. The molecule has 29 heavy (non-hydrogen) atoms. The number of hydrogen-bond donors (Lipinski definition) is 2. The van der Waals surface area contributed by atoms with Crippen LogP contribution in [0.15, 0.2) is 53.4 Å². The van der Waals surface area contributed by atoms with Gasteiger partial charge >= 0.3 is 5.97 Å². The van der Waals surface area contributed by atoms with Crippen molar-refractivity contribution in [1.82, 2.24) is 0 Å². The van der Waals surface area contributed by atoms with Gasteiger partial charge in [-0.25, -0.2) is 18.4 Å². The molecule has 0 saturated carbocycles. The highest BCUT2D eigenvalue weighted by molar-refractivity contribution is 7.89. The van der Waals surface area contributed by atoms with E-state index in [1.807, 2.05) is 0 Å². The number of hydrogen-bond acceptors (Lipinski definition) is 7. The number of anilines is 1. The zero-order valence-corrected chi connectivity index (χ0v) is 16.6. The third-order valence-electron chi connectivity index (χ3n) is 3.65. The van der Waals surface area contributed by atoms with Crippen LogP contribution in [-0.4, -0.2) is 41.1 Å². The topological polar surface area (TPSA) is 134 Å². The molecule has 0 aliphatic rings. The number of carbonyl (C=O) groups excluding carboxylic acids is 2. The Balaban J connectivity index is 1.90. The molecule has 0 fully saturated rings. The van der Waals surface area contributed by atoms with Crippen LogP contribution in [0, 0.1) is 0 Å². The molecule has 0 radical (unpaired) electrons. The molecule has 2 aromatic carbocycles. The highest BCUT2D eigenvalue weighted by atomic mass is 32.2. The van der Waals surface area contributed by atoms with Crippen molar-refractivity contribution < 1.29 is 32.2 Å². The van der Waals surface area contributed by atoms with Crippen LogP contribution in [0.3, 0.4) is 0 Å². The smallest absolute Gasteiger partial charge is 0.331 e. The van der Waals surface area contributed by atoms with E-state index in [1.54, 1.807) is 18.2 Å². The fraction of sp³-hybridized carbons (Fsp3) is 0.158. The number of ether oxygens (including phenoxy) is 3. The summed E-state index contributed by atoms with van der Waals surface area (Å²) >= 11 is 0. The first-order valence-corrected chi connectivity index (χ1v) is 9.77. The molecule has 1 amide bonds. The van der Waals surface area contributed by atoms with Crippen molar-refractivity contribution in [1.29, 1.82) is 0 Å². The van der Waals surface area contributed by atoms with E-state index in [4.69, 9.17) is 19.3 Å². The van der Waals surface area contributed by atoms with Crippen LogP contribution < -0.4 is 19.9 Å². The third-order valence-corrected chi connectivity index (χ3v) is 4.58. The molecule has 0 atom stereocenters. The number of primary sulfonamides is 1. The van der Waals surface area contributed by atoms with Gasteiger partial charge < -0.3 is 19.5 Å². The molecule has 0 heterocycles. The lowest BCUT2D eigenvalue weighted by molar-refractivity contribution is -0.142. The summed E-state index contributed by atoms with van der Waals surface area (Å²) in [6, 6.07) is 10.3. The van der Waals surface area contributed by atoms with Crippen LogP contribution in [-0.2, 0) is 24.3 Å². The number of rotatable bonds is 8. The number of benzene rings is 2. The number of sulfonamides is 1. The zero-order valence-electron chi connectivity index (χ0n) is 15.7. The second-order valence-electron chi connectivity index (χ2n) is 5.67. The van der Waals surface area contributed by atoms with Gasteiger partial charge in [-0.2, -0.15) is 0 Å². The standard InChI is InChI=1S/C19H20N2O7S/c1-26-15-6-9-17(27-2)13(11-15)3-10-19(23)28-12-18(22)21-14-4-7-16(8-5-14)29(20,24)25/h3-11H,12H2,1-2H3,(H,21,22)(H2,20,24,25)/b10-3+. The summed E-state index contributed by atoms with van der Waals surface area (Å²) in [7, 11) is -0.799.